The van der Waals surface area contributed by atoms with Crippen LogP contribution in [0.4, 0.5) is 0 Å². The Hall–Kier alpha value is -1.56. The van der Waals surface area contributed by atoms with Crippen molar-refractivity contribution in [2.45, 2.75) is 6.92 Å². The molecule has 1 amide bonds. The van der Waals surface area contributed by atoms with Gasteiger partial charge in [-0.3, -0.25) is 9.48 Å². The molecule has 1 rings (SSSR count). The first kappa shape index (κ1) is 12.5. The van der Waals surface area contributed by atoms with Crippen molar-refractivity contribution in [1.82, 2.24) is 15.1 Å². The summed E-state index contributed by atoms with van der Waals surface area (Å²) >= 11 is 5.86. The van der Waals surface area contributed by atoms with Crippen LogP contribution in [0.25, 0.3) is 0 Å². The van der Waals surface area contributed by atoms with E-state index in [2.05, 4.69) is 10.4 Å². The van der Waals surface area contributed by atoms with E-state index in [-0.39, 0.29) is 23.2 Å². The Morgan fingerprint density at radius 1 is 1.56 bits per heavy atom. The molecule has 16 heavy (non-hydrogen) atoms. The lowest BCUT2D eigenvalue weighted by Crippen LogP contribution is -2.25. The van der Waals surface area contributed by atoms with Gasteiger partial charge in [0, 0.05) is 14.1 Å². The fourth-order valence-corrected chi connectivity index (χ4v) is 1.39. The van der Waals surface area contributed by atoms with E-state index in [1.807, 2.05) is 0 Å². The van der Waals surface area contributed by atoms with Crippen molar-refractivity contribution < 1.29 is 14.3 Å². The highest BCUT2D eigenvalue weighted by Crippen LogP contribution is 2.19. The van der Waals surface area contributed by atoms with E-state index in [4.69, 9.17) is 16.3 Å². The maximum absolute atomic E-state index is 11.6. The topological polar surface area (TPSA) is 73.2 Å². The Morgan fingerprint density at radius 3 is 2.62 bits per heavy atom. The molecule has 88 valence electrons. The molecule has 0 fully saturated rings. The van der Waals surface area contributed by atoms with E-state index >= 15 is 0 Å². The molecule has 0 bridgehead atoms. The lowest BCUT2D eigenvalue weighted by Gasteiger charge is -2.03. The average Bonchev–Trinajstić information content (AvgIpc) is 2.49. The average molecular weight is 246 g/mol. The monoisotopic (exact) mass is 245 g/mol. The van der Waals surface area contributed by atoms with E-state index < -0.39 is 5.97 Å². The second kappa shape index (κ2) is 4.98. The van der Waals surface area contributed by atoms with Gasteiger partial charge in [0.05, 0.1) is 5.69 Å². The van der Waals surface area contributed by atoms with Crippen LogP contribution in [0.1, 0.15) is 16.1 Å². The van der Waals surface area contributed by atoms with Crippen molar-refractivity contribution in [1.29, 1.82) is 0 Å². The van der Waals surface area contributed by atoms with Gasteiger partial charge in [0.25, 0.3) is 5.91 Å². The number of hydrogen-bond acceptors (Lipinski definition) is 4. The predicted octanol–water partition coefficient (Wildman–Crippen LogP) is 0.285. The van der Waals surface area contributed by atoms with Crippen LogP contribution in [0.3, 0.4) is 0 Å². The molecule has 6 nitrogen and oxygen atoms in total. The Labute approximate surface area is 97.5 Å². The molecule has 0 saturated carbocycles. The van der Waals surface area contributed by atoms with Gasteiger partial charge in [-0.2, -0.15) is 5.10 Å². The van der Waals surface area contributed by atoms with Crippen molar-refractivity contribution in [3.8, 4) is 0 Å². The highest BCUT2D eigenvalue weighted by Gasteiger charge is 2.20. The minimum absolute atomic E-state index is 0.188. The van der Waals surface area contributed by atoms with Crippen LogP contribution in [-0.4, -0.2) is 35.3 Å². The maximum Gasteiger partial charge on any atom is 0.343 e. The summed E-state index contributed by atoms with van der Waals surface area (Å²) in [6.45, 7) is 1.31. The highest BCUT2D eigenvalue weighted by molar-refractivity contribution is 6.32. The van der Waals surface area contributed by atoms with Crippen LogP contribution < -0.4 is 5.32 Å². The number of likely N-dealkylation sites (N-methyl/N-ethyl adjacent to an activating group) is 1. The van der Waals surface area contributed by atoms with Crippen molar-refractivity contribution >= 4 is 23.5 Å². The second-order valence-electron chi connectivity index (χ2n) is 3.12. The highest BCUT2D eigenvalue weighted by atomic mass is 35.5. The van der Waals surface area contributed by atoms with Crippen LogP contribution in [0.2, 0.25) is 5.15 Å². The molecule has 0 radical (unpaired) electrons. The quantitative estimate of drug-likeness (QED) is 0.777. The Balaban J connectivity index is 2.77. The molecule has 1 N–H and O–H groups in total. The summed E-state index contributed by atoms with van der Waals surface area (Å²) in [4.78, 5) is 22.5. The number of amides is 1. The number of nitrogens with zero attached hydrogens (tertiary/aromatic N) is 2. The number of halogens is 1. The number of ether oxygens (including phenoxy) is 1. The molecule has 0 spiro atoms. The lowest BCUT2D eigenvalue weighted by molar-refractivity contribution is -0.123. The van der Waals surface area contributed by atoms with Gasteiger partial charge in [-0.05, 0) is 6.92 Å². The number of rotatable bonds is 3. The van der Waals surface area contributed by atoms with Crippen LogP contribution in [0.15, 0.2) is 0 Å². The molecular formula is C9H12ClN3O3. The van der Waals surface area contributed by atoms with E-state index in [0.29, 0.717) is 5.69 Å². The zero-order valence-electron chi connectivity index (χ0n) is 9.20. The summed E-state index contributed by atoms with van der Waals surface area (Å²) in [5.74, 6) is -1.04. The lowest BCUT2D eigenvalue weighted by atomic mass is 10.3. The summed E-state index contributed by atoms with van der Waals surface area (Å²) in [5, 5.41) is 6.49. The Morgan fingerprint density at radius 2 is 2.19 bits per heavy atom. The van der Waals surface area contributed by atoms with E-state index in [9.17, 15) is 9.59 Å². The van der Waals surface area contributed by atoms with Crippen molar-refractivity contribution in [3.63, 3.8) is 0 Å². The number of carbonyl (C=O) groups excluding carboxylic acids is 2. The Kier molecular flexibility index (Phi) is 3.89. The summed E-state index contributed by atoms with van der Waals surface area (Å²) in [5.41, 5.74) is 0.655. The van der Waals surface area contributed by atoms with Gasteiger partial charge in [0.1, 0.15) is 10.7 Å². The van der Waals surface area contributed by atoms with Crippen LogP contribution in [0.5, 0.6) is 0 Å². The number of nitrogens with one attached hydrogen (secondary N) is 1. The third-order valence-corrected chi connectivity index (χ3v) is 2.40. The number of aromatic nitrogens is 2. The normalized spacial score (nSPS) is 10.0. The first-order valence-electron chi connectivity index (χ1n) is 4.54. The van der Waals surface area contributed by atoms with Gasteiger partial charge in [0.15, 0.2) is 6.61 Å². The molecule has 1 aromatic heterocycles. The SMILES string of the molecule is CNC(=O)COC(=O)c1c(C)nn(C)c1Cl. The number of carbonyl (C=O) groups is 2. The van der Waals surface area contributed by atoms with Crippen LogP contribution >= 0.6 is 11.6 Å². The minimum Gasteiger partial charge on any atom is -0.452 e. The van der Waals surface area contributed by atoms with E-state index in [1.165, 1.54) is 11.7 Å². The van der Waals surface area contributed by atoms with Crippen LogP contribution in [-0.2, 0) is 16.6 Å². The molecule has 0 atom stereocenters. The standard InChI is InChI=1S/C9H12ClN3O3/c1-5-7(8(10)13(3)12-5)9(15)16-4-6(14)11-2/h4H2,1-3H3,(H,11,14). The largest absolute Gasteiger partial charge is 0.452 e. The summed E-state index contributed by atoms with van der Waals surface area (Å²) < 4.78 is 6.14. The number of esters is 1. The molecular weight excluding hydrogens is 234 g/mol. The van der Waals surface area contributed by atoms with E-state index in [0.717, 1.165) is 0 Å². The van der Waals surface area contributed by atoms with Gasteiger partial charge in [-0.25, -0.2) is 4.79 Å². The fourth-order valence-electron chi connectivity index (χ4n) is 1.14. The van der Waals surface area contributed by atoms with Gasteiger partial charge < -0.3 is 10.1 Å². The zero-order valence-corrected chi connectivity index (χ0v) is 9.96. The van der Waals surface area contributed by atoms with E-state index in [1.54, 1.807) is 14.0 Å². The number of hydrogen-bond donors (Lipinski definition) is 1. The molecule has 0 aliphatic rings. The first-order chi connectivity index (χ1) is 7.47. The molecule has 1 heterocycles. The summed E-state index contributed by atoms with van der Waals surface area (Å²) in [7, 11) is 3.07. The third kappa shape index (κ3) is 2.52. The molecule has 0 aliphatic carbocycles. The smallest absolute Gasteiger partial charge is 0.343 e. The molecule has 0 unspecified atom stereocenters. The van der Waals surface area contributed by atoms with Gasteiger partial charge in [-0.15, -0.1) is 0 Å². The predicted molar refractivity (Wildman–Crippen MR) is 57.3 cm³/mol. The van der Waals surface area contributed by atoms with Gasteiger partial charge >= 0.3 is 5.97 Å². The van der Waals surface area contributed by atoms with Crippen molar-refractivity contribution in [3.05, 3.63) is 16.4 Å². The first-order valence-corrected chi connectivity index (χ1v) is 4.92. The van der Waals surface area contributed by atoms with Gasteiger partial charge in [-0.1, -0.05) is 11.6 Å². The third-order valence-electron chi connectivity index (χ3n) is 1.97. The molecule has 0 aliphatic heterocycles. The van der Waals surface area contributed by atoms with Gasteiger partial charge in [0.2, 0.25) is 0 Å². The molecule has 7 heteroatoms. The fraction of sp³-hybridized carbons (Fsp3) is 0.444. The summed E-state index contributed by atoms with van der Waals surface area (Å²) in [6, 6.07) is 0. The molecule has 0 aromatic carbocycles. The molecule has 0 saturated heterocycles. The van der Waals surface area contributed by atoms with Crippen LogP contribution in [0, 0.1) is 6.92 Å². The van der Waals surface area contributed by atoms with Crippen molar-refractivity contribution in [2.75, 3.05) is 13.7 Å². The summed E-state index contributed by atoms with van der Waals surface area (Å²) in [6.07, 6.45) is 0. The maximum atomic E-state index is 11.6. The zero-order chi connectivity index (χ0) is 12.3. The number of aryl methyl sites for hydroxylation is 2. The second-order valence-corrected chi connectivity index (χ2v) is 3.48. The minimum atomic E-state index is -0.654. The van der Waals surface area contributed by atoms with Crippen molar-refractivity contribution in [2.24, 2.45) is 7.05 Å². The Bertz CT molecular complexity index is 428. The molecule has 1 aromatic rings.